The molecule has 13 heavy (non-hydrogen) atoms. The van der Waals surface area contributed by atoms with Crippen molar-refractivity contribution in [2.75, 3.05) is 0 Å². The van der Waals surface area contributed by atoms with Crippen LogP contribution < -0.4 is 0 Å². The molecule has 0 saturated heterocycles. The van der Waals surface area contributed by atoms with Gasteiger partial charge in [0.15, 0.2) is 0 Å². The summed E-state index contributed by atoms with van der Waals surface area (Å²) in [5, 5.41) is 0. The zero-order valence-electron chi connectivity index (χ0n) is 6.82. The van der Waals surface area contributed by atoms with Gasteiger partial charge in [-0.15, -0.1) is 0 Å². The van der Waals surface area contributed by atoms with Crippen LogP contribution in [0.15, 0.2) is 12.1 Å². The van der Waals surface area contributed by atoms with Gasteiger partial charge >= 0.3 is 6.18 Å². The fourth-order valence-electron chi connectivity index (χ4n) is 0.889. The molecule has 1 aromatic rings. The third-order valence-corrected chi connectivity index (χ3v) is 1.63. The van der Waals surface area contributed by atoms with Crippen LogP contribution in [-0.2, 0) is 12.9 Å². The smallest absolute Gasteiger partial charge is 0.248 e. The van der Waals surface area contributed by atoms with Gasteiger partial charge in [0, 0.05) is 11.3 Å². The summed E-state index contributed by atoms with van der Waals surface area (Å²) >= 11 is 0. The largest absolute Gasteiger partial charge is 0.433 e. The molecule has 1 rings (SSSR count). The predicted molar refractivity (Wildman–Crippen MR) is 38.8 cm³/mol. The van der Waals surface area contributed by atoms with Crippen LogP contribution in [0.1, 0.15) is 17.0 Å². The number of halogens is 4. The number of nitrogens with zero attached hydrogens (tertiary/aromatic N) is 1. The second-order valence-electron chi connectivity index (χ2n) is 2.57. The summed E-state index contributed by atoms with van der Waals surface area (Å²) in [5.41, 5.74) is -0.715. The van der Waals surface area contributed by atoms with E-state index in [-0.39, 0.29) is 11.3 Å². The van der Waals surface area contributed by atoms with Crippen molar-refractivity contribution < 1.29 is 17.6 Å². The lowest BCUT2D eigenvalue weighted by atomic mass is 10.2. The zero-order valence-corrected chi connectivity index (χ0v) is 6.82. The standard InChI is InChI=1S/C8H7F4N/c1-5-6(4-9)2-3-7(13-5)8(10,11)12/h2-3H,4H2,1H3. The molecule has 1 heterocycles. The predicted octanol–water partition coefficient (Wildman–Crippen LogP) is 2.88. The number of hydrogen-bond acceptors (Lipinski definition) is 1. The first-order valence-electron chi connectivity index (χ1n) is 3.55. The summed E-state index contributed by atoms with van der Waals surface area (Å²) in [7, 11) is 0. The fourth-order valence-corrected chi connectivity index (χ4v) is 0.889. The first-order valence-corrected chi connectivity index (χ1v) is 3.55. The quantitative estimate of drug-likeness (QED) is 0.625. The molecule has 0 radical (unpaired) electrons. The SMILES string of the molecule is Cc1nc(C(F)(F)F)ccc1CF. The van der Waals surface area contributed by atoms with E-state index in [1.54, 1.807) is 0 Å². The molecule has 1 nitrogen and oxygen atoms in total. The lowest BCUT2D eigenvalue weighted by molar-refractivity contribution is -0.141. The van der Waals surface area contributed by atoms with Crippen molar-refractivity contribution in [2.45, 2.75) is 19.8 Å². The number of hydrogen-bond donors (Lipinski definition) is 0. The highest BCUT2D eigenvalue weighted by Crippen LogP contribution is 2.28. The van der Waals surface area contributed by atoms with E-state index in [0.29, 0.717) is 0 Å². The molecule has 1 aromatic heterocycles. The Balaban J connectivity index is 3.10. The highest BCUT2D eigenvalue weighted by Gasteiger charge is 2.32. The Bertz CT molecular complexity index is 306. The van der Waals surface area contributed by atoms with Gasteiger partial charge in [-0.1, -0.05) is 6.07 Å². The first-order chi connectivity index (χ1) is 5.95. The van der Waals surface area contributed by atoms with Crippen LogP contribution in [0.25, 0.3) is 0 Å². The number of aryl methyl sites for hydroxylation is 1. The third-order valence-electron chi connectivity index (χ3n) is 1.63. The second kappa shape index (κ2) is 3.32. The molecule has 0 aliphatic carbocycles. The molecular weight excluding hydrogens is 186 g/mol. The lowest BCUT2D eigenvalue weighted by Crippen LogP contribution is -2.09. The first kappa shape index (κ1) is 9.95. The minimum Gasteiger partial charge on any atom is -0.248 e. The molecule has 0 fully saturated rings. The summed E-state index contributed by atoms with van der Waals surface area (Å²) in [6.07, 6.45) is -4.46. The number of alkyl halides is 4. The molecule has 0 unspecified atom stereocenters. The van der Waals surface area contributed by atoms with E-state index in [2.05, 4.69) is 4.98 Å². The molecule has 0 aromatic carbocycles. The lowest BCUT2D eigenvalue weighted by Gasteiger charge is -2.07. The summed E-state index contributed by atoms with van der Waals surface area (Å²) < 4.78 is 48.2. The minimum absolute atomic E-state index is 0.0809. The van der Waals surface area contributed by atoms with Gasteiger partial charge in [0.05, 0.1) is 0 Å². The van der Waals surface area contributed by atoms with Crippen molar-refractivity contribution in [1.82, 2.24) is 4.98 Å². The maximum Gasteiger partial charge on any atom is 0.433 e. The third kappa shape index (κ3) is 2.17. The Morgan fingerprint density at radius 2 is 1.92 bits per heavy atom. The summed E-state index contributed by atoms with van der Waals surface area (Å²) in [4.78, 5) is 3.25. The maximum atomic E-state index is 12.1. The second-order valence-corrected chi connectivity index (χ2v) is 2.57. The van der Waals surface area contributed by atoms with E-state index in [4.69, 9.17) is 0 Å². The van der Waals surface area contributed by atoms with E-state index in [9.17, 15) is 17.6 Å². The molecule has 72 valence electrons. The zero-order chi connectivity index (χ0) is 10.1. The van der Waals surface area contributed by atoms with Gasteiger partial charge in [-0.05, 0) is 13.0 Å². The Morgan fingerprint density at radius 3 is 2.31 bits per heavy atom. The molecule has 0 atom stereocenters. The Labute approximate surface area is 72.4 Å². The Morgan fingerprint density at radius 1 is 1.31 bits per heavy atom. The molecule has 0 aliphatic rings. The number of rotatable bonds is 1. The highest BCUT2D eigenvalue weighted by atomic mass is 19.4. The molecule has 0 amide bonds. The van der Waals surface area contributed by atoms with Gasteiger partial charge in [-0.25, -0.2) is 9.37 Å². The van der Waals surface area contributed by atoms with Gasteiger partial charge in [-0.2, -0.15) is 13.2 Å². The average Bonchev–Trinajstić information content (AvgIpc) is 2.02. The van der Waals surface area contributed by atoms with Crippen molar-refractivity contribution in [3.63, 3.8) is 0 Å². The van der Waals surface area contributed by atoms with E-state index in [0.717, 1.165) is 12.1 Å². The van der Waals surface area contributed by atoms with Gasteiger partial charge in [-0.3, -0.25) is 0 Å². The highest BCUT2D eigenvalue weighted by molar-refractivity contribution is 5.22. The topological polar surface area (TPSA) is 12.9 Å². The van der Waals surface area contributed by atoms with Gasteiger partial charge in [0.2, 0.25) is 0 Å². The van der Waals surface area contributed by atoms with E-state index in [1.807, 2.05) is 0 Å². The van der Waals surface area contributed by atoms with Crippen LogP contribution in [0, 0.1) is 6.92 Å². The van der Waals surface area contributed by atoms with Gasteiger partial charge in [0.25, 0.3) is 0 Å². The molecule has 5 heteroatoms. The van der Waals surface area contributed by atoms with E-state index < -0.39 is 18.5 Å². The Kier molecular flexibility index (Phi) is 2.54. The van der Waals surface area contributed by atoms with Crippen LogP contribution in [-0.4, -0.2) is 4.98 Å². The summed E-state index contributed by atoms with van der Waals surface area (Å²) in [6, 6.07) is 1.88. The van der Waals surface area contributed by atoms with Crippen molar-refractivity contribution in [3.8, 4) is 0 Å². The molecule has 0 saturated carbocycles. The number of pyridine rings is 1. The van der Waals surface area contributed by atoms with Crippen LogP contribution >= 0.6 is 0 Å². The van der Waals surface area contributed by atoms with Crippen molar-refractivity contribution in [3.05, 3.63) is 29.1 Å². The van der Waals surface area contributed by atoms with Gasteiger partial charge < -0.3 is 0 Å². The van der Waals surface area contributed by atoms with Crippen LogP contribution in [0.5, 0.6) is 0 Å². The molecule has 0 N–H and O–H groups in total. The molecule has 0 spiro atoms. The van der Waals surface area contributed by atoms with Crippen molar-refractivity contribution in [1.29, 1.82) is 0 Å². The number of aromatic nitrogens is 1. The van der Waals surface area contributed by atoms with Crippen molar-refractivity contribution in [2.24, 2.45) is 0 Å². The summed E-state index contributed by atoms with van der Waals surface area (Å²) in [5.74, 6) is 0. The van der Waals surface area contributed by atoms with E-state index in [1.165, 1.54) is 6.92 Å². The van der Waals surface area contributed by atoms with Crippen LogP contribution in [0.2, 0.25) is 0 Å². The maximum absolute atomic E-state index is 12.1. The average molecular weight is 193 g/mol. The summed E-state index contributed by atoms with van der Waals surface area (Å²) in [6.45, 7) is 0.557. The Hall–Kier alpha value is -1.13. The molecule has 0 aliphatic heterocycles. The molecule has 0 bridgehead atoms. The monoisotopic (exact) mass is 193 g/mol. The molecular formula is C8H7F4N. The van der Waals surface area contributed by atoms with Crippen molar-refractivity contribution >= 4 is 0 Å². The van der Waals surface area contributed by atoms with Crippen LogP contribution in [0.3, 0.4) is 0 Å². The minimum atomic E-state index is -4.46. The van der Waals surface area contributed by atoms with Crippen LogP contribution in [0.4, 0.5) is 17.6 Å². The normalized spacial score (nSPS) is 11.8. The van der Waals surface area contributed by atoms with E-state index >= 15 is 0 Å². The fraction of sp³-hybridized carbons (Fsp3) is 0.375. The van der Waals surface area contributed by atoms with Gasteiger partial charge in [0.1, 0.15) is 12.4 Å².